The van der Waals surface area contributed by atoms with Crippen molar-refractivity contribution in [1.82, 2.24) is 0 Å². The van der Waals surface area contributed by atoms with Crippen molar-refractivity contribution in [3.63, 3.8) is 0 Å². The van der Waals surface area contributed by atoms with Gasteiger partial charge in [0.2, 0.25) is 0 Å². The highest BCUT2D eigenvalue weighted by Gasteiger charge is 2.33. The molecule has 0 aromatic heterocycles. The van der Waals surface area contributed by atoms with E-state index in [1.807, 2.05) is 13.8 Å². The summed E-state index contributed by atoms with van der Waals surface area (Å²) in [7, 11) is 0. The van der Waals surface area contributed by atoms with E-state index in [2.05, 4.69) is 15.0 Å². The quantitative estimate of drug-likeness (QED) is 0.309. The summed E-state index contributed by atoms with van der Waals surface area (Å²) in [4.78, 5) is 9.15. The van der Waals surface area contributed by atoms with Crippen LogP contribution in [0.3, 0.4) is 0 Å². The summed E-state index contributed by atoms with van der Waals surface area (Å²) in [5.74, 6) is 0. The zero-order valence-corrected chi connectivity index (χ0v) is 10.3. The Morgan fingerprint density at radius 3 is 2.31 bits per heavy atom. The minimum atomic E-state index is 0.763. The van der Waals surface area contributed by atoms with E-state index in [9.17, 15) is 0 Å². The van der Waals surface area contributed by atoms with Crippen LogP contribution in [0.5, 0.6) is 0 Å². The Bertz CT molecular complexity index is 532. The van der Waals surface area contributed by atoms with Crippen LogP contribution in [-0.2, 0) is 0 Å². The lowest BCUT2D eigenvalue weighted by Crippen LogP contribution is -1.92. The Morgan fingerprint density at radius 2 is 1.75 bits per heavy atom. The van der Waals surface area contributed by atoms with Crippen molar-refractivity contribution >= 4 is 39.9 Å². The van der Waals surface area contributed by atoms with Crippen LogP contribution in [0, 0.1) is 6.57 Å². The molecule has 0 unspecified atom stereocenters. The smallest absolute Gasteiger partial charge is 0.188 e. The highest BCUT2D eigenvalue weighted by molar-refractivity contribution is 8.24. The third kappa shape index (κ3) is 1.62. The molecule has 0 amide bonds. The van der Waals surface area contributed by atoms with Crippen LogP contribution >= 0.6 is 23.5 Å². The number of fused-ring (bicyclic) bond motifs is 1. The van der Waals surface area contributed by atoms with Gasteiger partial charge in [0.15, 0.2) is 5.04 Å². The predicted molar refractivity (Wildman–Crippen MR) is 71.5 cm³/mol. The minimum absolute atomic E-state index is 0.763. The highest BCUT2D eigenvalue weighted by atomic mass is 32.2. The Labute approximate surface area is 102 Å². The lowest BCUT2D eigenvalue weighted by atomic mass is 10.2. The number of nitrogens with zero attached hydrogens (tertiary/aromatic N) is 4. The predicted octanol–water partition coefficient (Wildman–Crippen LogP) is 3.26. The van der Waals surface area contributed by atoms with Crippen molar-refractivity contribution in [2.75, 3.05) is 0 Å². The zero-order valence-electron chi connectivity index (χ0n) is 8.68. The van der Waals surface area contributed by atoms with Crippen molar-refractivity contribution in [2.45, 2.75) is 13.8 Å². The molecule has 0 aliphatic carbocycles. The Balaban J connectivity index is 2.48. The van der Waals surface area contributed by atoms with Crippen LogP contribution < -0.4 is 0 Å². The second-order valence-electron chi connectivity index (χ2n) is 3.17. The van der Waals surface area contributed by atoms with Crippen LogP contribution in [0.1, 0.15) is 13.8 Å². The normalized spacial score (nSPS) is 24.3. The van der Waals surface area contributed by atoms with Gasteiger partial charge in [-0.25, -0.2) is 0 Å². The van der Waals surface area contributed by atoms with E-state index >= 15 is 0 Å². The second kappa shape index (κ2) is 4.28. The van der Waals surface area contributed by atoms with Crippen molar-refractivity contribution in [1.29, 1.82) is 0 Å². The summed E-state index contributed by atoms with van der Waals surface area (Å²) in [6.07, 6.45) is 0.808. The summed E-state index contributed by atoms with van der Waals surface area (Å²) in [6.45, 7) is 10.6. The van der Waals surface area contributed by atoms with Gasteiger partial charge in [0.1, 0.15) is 0 Å². The van der Waals surface area contributed by atoms with E-state index in [0.717, 1.165) is 37.4 Å². The summed E-state index contributed by atoms with van der Waals surface area (Å²) in [5.41, 5.74) is 2.05. The molecule has 80 valence electrons. The first kappa shape index (κ1) is 11.2. The average molecular weight is 247 g/mol. The third-order valence-electron chi connectivity index (χ3n) is 2.24. The van der Waals surface area contributed by atoms with Crippen LogP contribution in [0.2, 0.25) is 0 Å². The molecule has 0 aromatic rings. The van der Waals surface area contributed by atoms with Crippen molar-refractivity contribution in [2.24, 2.45) is 10.1 Å². The Hall–Kier alpha value is -1.32. The molecular formula is C10H7N4S2-. The monoisotopic (exact) mass is 247 g/mol. The van der Waals surface area contributed by atoms with E-state index in [0.29, 0.717) is 0 Å². The van der Waals surface area contributed by atoms with Gasteiger partial charge in [-0.15, -0.1) is 11.3 Å². The van der Waals surface area contributed by atoms with E-state index in [4.69, 9.17) is 12.0 Å². The largest absolute Gasteiger partial charge is 0.472 e. The molecule has 0 radical (unpaired) electrons. The van der Waals surface area contributed by atoms with E-state index in [1.165, 1.54) is 23.5 Å². The van der Waals surface area contributed by atoms with Gasteiger partial charge in [0, 0.05) is 20.4 Å². The molecule has 0 bridgehead atoms. The summed E-state index contributed by atoms with van der Waals surface area (Å²) in [6, 6.07) is 0. The van der Waals surface area contributed by atoms with Gasteiger partial charge in [0.05, 0.1) is 5.10 Å². The van der Waals surface area contributed by atoms with Gasteiger partial charge in [0.25, 0.3) is 0 Å². The molecule has 0 saturated carbocycles. The molecule has 2 aliphatic heterocycles. The molecular weight excluding hydrogens is 240 g/mol. The minimum Gasteiger partial charge on any atom is -0.472 e. The molecule has 2 heterocycles. The average Bonchev–Trinajstić information content (AvgIpc) is 2.71. The lowest BCUT2D eigenvalue weighted by Gasteiger charge is -2.02. The zero-order chi connectivity index (χ0) is 11.7. The SMILES string of the molecule is [C-]#[N+]/N=C1\SC2=C(C)C(=NC=[N-])SC2=C1C. The number of rotatable bonds is 1. The number of aliphatic imine (C=N–C) groups is 1. The van der Waals surface area contributed by atoms with Crippen LogP contribution in [-0.4, -0.2) is 16.4 Å². The molecule has 2 rings (SSSR count). The van der Waals surface area contributed by atoms with Crippen LogP contribution in [0.25, 0.3) is 10.4 Å². The molecule has 0 fully saturated rings. The lowest BCUT2D eigenvalue weighted by molar-refractivity contribution is 1.51. The van der Waals surface area contributed by atoms with Gasteiger partial charge in [-0.1, -0.05) is 23.5 Å². The third-order valence-corrected chi connectivity index (χ3v) is 4.99. The van der Waals surface area contributed by atoms with Gasteiger partial charge in [-0.3, -0.25) is 0 Å². The van der Waals surface area contributed by atoms with Crippen molar-refractivity contribution < 1.29 is 0 Å². The molecule has 6 heteroatoms. The van der Waals surface area contributed by atoms with Gasteiger partial charge in [-0.2, -0.15) is 6.57 Å². The fourth-order valence-corrected chi connectivity index (χ4v) is 3.89. The molecule has 0 aromatic carbocycles. The first-order valence-electron chi connectivity index (χ1n) is 4.45. The number of hydrogen-bond donors (Lipinski definition) is 0. The van der Waals surface area contributed by atoms with E-state index < -0.39 is 0 Å². The summed E-state index contributed by atoms with van der Waals surface area (Å²) < 4.78 is 0. The van der Waals surface area contributed by atoms with Crippen molar-refractivity contribution in [3.05, 3.63) is 37.9 Å². The number of hydrogen-bond acceptors (Lipinski definition) is 3. The first-order valence-corrected chi connectivity index (χ1v) is 6.09. The standard InChI is InChI=1S/C10H7N4S2/c1-5-7-8(15-9(5)13-4-11)6(2)10(16-7)14-12-3/h4H,1-2H3/q-1/b13-9?,14-10-. The van der Waals surface area contributed by atoms with Gasteiger partial charge in [-0.05, 0) is 19.4 Å². The molecule has 0 saturated heterocycles. The maximum atomic E-state index is 8.67. The second-order valence-corrected chi connectivity index (χ2v) is 5.17. The van der Waals surface area contributed by atoms with Gasteiger partial charge >= 0.3 is 0 Å². The molecule has 0 N–H and O–H groups in total. The topological polar surface area (TPSA) is 51.4 Å². The fourth-order valence-electron chi connectivity index (χ4n) is 1.44. The van der Waals surface area contributed by atoms with Crippen molar-refractivity contribution in [3.8, 4) is 0 Å². The maximum Gasteiger partial charge on any atom is 0.188 e. The molecule has 16 heavy (non-hydrogen) atoms. The molecule has 0 atom stereocenters. The fraction of sp³-hybridized carbons (Fsp3) is 0.200. The maximum absolute atomic E-state index is 8.67. The first-order chi connectivity index (χ1) is 7.69. The summed E-state index contributed by atoms with van der Waals surface area (Å²) >= 11 is 3.01. The summed E-state index contributed by atoms with van der Waals surface area (Å²) in [5, 5.41) is 14.0. The van der Waals surface area contributed by atoms with Crippen LogP contribution in [0.15, 0.2) is 31.1 Å². The highest BCUT2D eigenvalue weighted by Crippen LogP contribution is 2.52. The molecule has 2 aliphatic rings. The van der Waals surface area contributed by atoms with Gasteiger partial charge < -0.3 is 10.4 Å². The Morgan fingerprint density at radius 1 is 1.19 bits per heavy atom. The van der Waals surface area contributed by atoms with Crippen LogP contribution in [0.4, 0.5) is 0 Å². The van der Waals surface area contributed by atoms with E-state index in [1.54, 1.807) is 0 Å². The molecule has 0 spiro atoms. The van der Waals surface area contributed by atoms with E-state index in [-0.39, 0.29) is 0 Å². The number of thioether (sulfide) groups is 2. The Kier molecular flexibility index (Phi) is 2.99. The molecule has 4 nitrogen and oxygen atoms in total.